The molecule has 9 nitrogen and oxygen atoms in total. The summed E-state index contributed by atoms with van der Waals surface area (Å²) in [4.78, 5) is 17.4. The van der Waals surface area contributed by atoms with Gasteiger partial charge in [-0.15, -0.1) is 4.31 Å². The van der Waals surface area contributed by atoms with Crippen LogP contribution in [0.5, 0.6) is 0 Å². The third kappa shape index (κ3) is 5.84. The second kappa shape index (κ2) is 10.8. The number of nitrogens with zero attached hydrogens (tertiary/aromatic N) is 6. The van der Waals surface area contributed by atoms with Crippen molar-refractivity contribution in [3.8, 4) is 5.69 Å². The molecule has 1 N–H and O–H groups in total. The Morgan fingerprint density at radius 2 is 1.95 bits per heavy atom. The smallest absolute Gasteiger partial charge is 0.393 e. The van der Waals surface area contributed by atoms with Gasteiger partial charge in [0.15, 0.2) is 5.65 Å². The number of alkyl halides is 3. The summed E-state index contributed by atoms with van der Waals surface area (Å²) in [5.41, 5.74) is 3.34. The Labute approximate surface area is 220 Å². The van der Waals surface area contributed by atoms with Crippen LogP contribution in [-0.2, 0) is 11.4 Å². The Hall–Kier alpha value is -3.42. The molecule has 0 bridgehead atoms. The second-order valence-corrected chi connectivity index (χ2v) is 10.8. The van der Waals surface area contributed by atoms with E-state index in [1.54, 1.807) is 27.4 Å². The predicted octanol–water partition coefficient (Wildman–Crippen LogP) is 4.27. The number of carbonyl (C=O) groups is 1. The molecule has 1 amide bonds. The standard InChI is InChI=1S/C25H26F3N7O2S/c1-17-3-5-19(6-4-17)35-22(31-24(36)20-16-30-34-11-2-10-29-23(20)34)15-21(32-35)18-7-12-33(13-8-18)38(37)14-9-25(26,27)28/h2-6,10-11,15-16,18H,7-9,12-14H2,1H3,(H,31,36). The van der Waals surface area contributed by atoms with Crippen LogP contribution in [0.25, 0.3) is 11.3 Å². The zero-order valence-electron chi connectivity index (χ0n) is 20.6. The lowest BCUT2D eigenvalue weighted by Gasteiger charge is -2.31. The van der Waals surface area contributed by atoms with Crippen molar-refractivity contribution >= 4 is 28.7 Å². The van der Waals surface area contributed by atoms with E-state index in [0.717, 1.165) is 16.9 Å². The molecule has 13 heteroatoms. The van der Waals surface area contributed by atoms with E-state index < -0.39 is 29.7 Å². The highest BCUT2D eigenvalue weighted by molar-refractivity contribution is 7.89. The SMILES string of the molecule is Cc1ccc(-n2nc(C3CCN([S+]([O-])CCC(F)(F)F)CC3)cc2NC(=O)c2cnn3cccnc23)cc1. The fourth-order valence-electron chi connectivity index (χ4n) is 4.43. The molecular formula is C25H26F3N7O2S. The average Bonchev–Trinajstić information content (AvgIpc) is 3.52. The number of hydrogen-bond donors (Lipinski definition) is 1. The topological polar surface area (TPSA) is 103 Å². The number of nitrogens with one attached hydrogen (secondary N) is 1. The molecular weight excluding hydrogens is 519 g/mol. The minimum Gasteiger partial charge on any atom is -0.598 e. The van der Waals surface area contributed by atoms with Crippen LogP contribution in [0.1, 0.15) is 46.8 Å². The van der Waals surface area contributed by atoms with Crippen molar-refractivity contribution < 1.29 is 22.5 Å². The van der Waals surface area contributed by atoms with Gasteiger partial charge in [-0.05, 0) is 38.0 Å². The maximum atomic E-state index is 13.2. The van der Waals surface area contributed by atoms with E-state index in [9.17, 15) is 22.5 Å². The van der Waals surface area contributed by atoms with Crippen molar-refractivity contribution in [2.24, 2.45) is 0 Å². The molecule has 38 heavy (non-hydrogen) atoms. The summed E-state index contributed by atoms with van der Waals surface area (Å²) < 4.78 is 54.7. The Bertz CT molecular complexity index is 1410. The van der Waals surface area contributed by atoms with E-state index in [-0.39, 0.29) is 11.8 Å². The van der Waals surface area contributed by atoms with Crippen molar-refractivity contribution in [2.45, 2.75) is 38.3 Å². The van der Waals surface area contributed by atoms with Crippen LogP contribution in [0.3, 0.4) is 0 Å². The van der Waals surface area contributed by atoms with Crippen LogP contribution in [0, 0.1) is 6.92 Å². The highest BCUT2D eigenvalue weighted by atomic mass is 32.2. The Balaban J connectivity index is 1.35. The monoisotopic (exact) mass is 545 g/mol. The number of carbonyl (C=O) groups excluding carboxylic acids is 1. The fraction of sp³-hybridized carbons (Fsp3) is 0.360. The summed E-state index contributed by atoms with van der Waals surface area (Å²) in [5.74, 6) is -0.328. The van der Waals surface area contributed by atoms with Gasteiger partial charge < -0.3 is 9.87 Å². The van der Waals surface area contributed by atoms with Gasteiger partial charge in [0.2, 0.25) is 0 Å². The summed E-state index contributed by atoms with van der Waals surface area (Å²) in [6, 6.07) is 11.3. The highest BCUT2D eigenvalue weighted by Gasteiger charge is 2.34. The van der Waals surface area contributed by atoms with Crippen molar-refractivity contribution in [1.82, 2.24) is 28.7 Å². The summed E-state index contributed by atoms with van der Waals surface area (Å²) in [7, 11) is 0. The number of aromatic nitrogens is 5. The van der Waals surface area contributed by atoms with Gasteiger partial charge in [-0.1, -0.05) is 17.7 Å². The lowest BCUT2D eigenvalue weighted by Crippen LogP contribution is -2.40. The maximum Gasteiger partial charge on any atom is 0.393 e. The lowest BCUT2D eigenvalue weighted by atomic mass is 9.95. The molecule has 0 radical (unpaired) electrons. The summed E-state index contributed by atoms with van der Waals surface area (Å²) >= 11 is -1.68. The van der Waals surface area contributed by atoms with Crippen LogP contribution >= 0.6 is 0 Å². The first-order valence-electron chi connectivity index (χ1n) is 12.1. The minimum absolute atomic E-state index is 0.00635. The van der Waals surface area contributed by atoms with Gasteiger partial charge in [-0.2, -0.15) is 23.4 Å². The van der Waals surface area contributed by atoms with E-state index in [1.165, 1.54) is 10.7 Å². The van der Waals surface area contributed by atoms with Gasteiger partial charge in [0.25, 0.3) is 5.91 Å². The average molecular weight is 546 g/mol. The number of piperidine rings is 1. The quantitative estimate of drug-likeness (QED) is 0.348. The first-order valence-corrected chi connectivity index (χ1v) is 13.4. The first-order chi connectivity index (χ1) is 18.2. The van der Waals surface area contributed by atoms with Gasteiger partial charge in [0.1, 0.15) is 17.1 Å². The molecule has 1 aliphatic heterocycles. The number of halogens is 3. The Kier molecular flexibility index (Phi) is 7.41. The summed E-state index contributed by atoms with van der Waals surface area (Å²) in [6.07, 6.45) is 0.548. The molecule has 1 saturated heterocycles. The van der Waals surface area contributed by atoms with E-state index in [2.05, 4.69) is 15.4 Å². The molecule has 1 unspecified atom stereocenters. The number of rotatable bonds is 7. The normalized spacial score (nSPS) is 16.1. The number of amides is 1. The van der Waals surface area contributed by atoms with E-state index >= 15 is 0 Å². The van der Waals surface area contributed by atoms with Gasteiger partial charge in [-0.25, -0.2) is 14.2 Å². The number of hydrogen-bond acceptors (Lipinski definition) is 6. The third-order valence-corrected chi connectivity index (χ3v) is 7.99. The van der Waals surface area contributed by atoms with Gasteiger partial charge in [-0.3, -0.25) is 4.79 Å². The summed E-state index contributed by atoms with van der Waals surface area (Å²) in [6.45, 7) is 2.79. The number of aryl methyl sites for hydroxylation is 1. The van der Waals surface area contributed by atoms with Crippen LogP contribution in [-0.4, -0.2) is 64.2 Å². The zero-order chi connectivity index (χ0) is 26.9. The molecule has 0 spiro atoms. The molecule has 5 rings (SSSR count). The highest BCUT2D eigenvalue weighted by Crippen LogP contribution is 2.32. The molecule has 1 atom stereocenters. The molecule has 1 aliphatic rings. The molecule has 0 aliphatic carbocycles. The number of fused-ring (bicyclic) bond motifs is 1. The number of benzene rings is 1. The zero-order valence-corrected chi connectivity index (χ0v) is 21.4. The van der Waals surface area contributed by atoms with Crippen molar-refractivity contribution in [3.05, 3.63) is 71.8 Å². The van der Waals surface area contributed by atoms with Gasteiger partial charge >= 0.3 is 6.18 Å². The van der Waals surface area contributed by atoms with Crippen LogP contribution in [0.4, 0.5) is 19.0 Å². The predicted molar refractivity (Wildman–Crippen MR) is 136 cm³/mol. The Morgan fingerprint density at radius 3 is 2.66 bits per heavy atom. The molecule has 4 heterocycles. The maximum absolute atomic E-state index is 13.2. The fourth-order valence-corrected chi connectivity index (χ4v) is 5.71. The molecule has 1 aromatic carbocycles. The van der Waals surface area contributed by atoms with E-state index in [4.69, 9.17) is 5.10 Å². The van der Waals surface area contributed by atoms with E-state index in [0.29, 0.717) is 43.0 Å². The Morgan fingerprint density at radius 1 is 1.21 bits per heavy atom. The van der Waals surface area contributed by atoms with Crippen molar-refractivity contribution in [1.29, 1.82) is 0 Å². The second-order valence-electron chi connectivity index (χ2n) is 9.20. The van der Waals surface area contributed by atoms with Crippen molar-refractivity contribution in [2.75, 3.05) is 24.2 Å². The third-order valence-electron chi connectivity index (χ3n) is 6.49. The van der Waals surface area contributed by atoms with Crippen LogP contribution < -0.4 is 5.32 Å². The number of anilines is 1. The van der Waals surface area contributed by atoms with Crippen molar-refractivity contribution in [3.63, 3.8) is 0 Å². The largest absolute Gasteiger partial charge is 0.598 e. The first kappa shape index (κ1) is 26.2. The van der Waals surface area contributed by atoms with Crippen LogP contribution in [0.2, 0.25) is 0 Å². The summed E-state index contributed by atoms with van der Waals surface area (Å²) in [5, 5.41) is 11.9. The molecule has 200 valence electrons. The lowest BCUT2D eigenvalue weighted by molar-refractivity contribution is -0.130. The molecule has 4 aromatic rings. The van der Waals surface area contributed by atoms with E-state index in [1.807, 2.05) is 37.3 Å². The minimum atomic E-state index is -4.32. The van der Waals surface area contributed by atoms with Gasteiger partial charge in [0.05, 0.1) is 24.0 Å². The van der Waals surface area contributed by atoms with Crippen LogP contribution in [0.15, 0.2) is 55.0 Å². The van der Waals surface area contributed by atoms with Gasteiger partial charge in [0, 0.05) is 48.8 Å². The molecule has 0 saturated carbocycles. The molecule has 3 aromatic heterocycles. The molecule has 1 fully saturated rings.